The number of anilines is 1. The maximum absolute atomic E-state index is 13.5. The van der Waals surface area contributed by atoms with Crippen molar-refractivity contribution in [3.8, 4) is 5.75 Å². The quantitative estimate of drug-likeness (QED) is 0.423. The number of likely N-dealkylation sites (N-methyl/N-ethyl adjacent to an activating group) is 1. The molecule has 2 aliphatic heterocycles. The fourth-order valence-electron chi connectivity index (χ4n) is 8.74. The Kier molecular flexibility index (Phi) is 10.8. The fraction of sp³-hybridized carbons (Fsp3) is 0.632. The molecule has 0 unspecified atom stereocenters. The number of halogens is 1. The monoisotopic (exact) mass is 729 g/mol. The van der Waals surface area contributed by atoms with Crippen molar-refractivity contribution < 1.29 is 32.6 Å². The number of methoxy groups -OCH3 is 1. The Morgan fingerprint density at radius 1 is 1.14 bits per heavy atom. The van der Waals surface area contributed by atoms with Crippen LogP contribution < -0.4 is 14.4 Å². The van der Waals surface area contributed by atoms with Crippen LogP contribution in [-0.4, -0.2) is 88.1 Å². The van der Waals surface area contributed by atoms with Crippen molar-refractivity contribution in [2.45, 2.75) is 87.9 Å². The Morgan fingerprint density at radius 3 is 2.68 bits per heavy atom. The van der Waals surface area contributed by atoms with Gasteiger partial charge in [0.25, 0.3) is 5.91 Å². The Morgan fingerprint density at radius 2 is 1.94 bits per heavy atom. The van der Waals surface area contributed by atoms with Gasteiger partial charge in [-0.2, -0.15) is 0 Å². The highest BCUT2D eigenvalue weighted by Crippen LogP contribution is 2.50. The third kappa shape index (κ3) is 7.38. The number of hydrogen-bond donors (Lipinski definition) is 2. The number of hydrogen-bond acceptors (Lipinski definition) is 8. The highest BCUT2D eigenvalue weighted by Gasteiger charge is 2.50. The number of aliphatic hydroxyl groups is 1. The number of rotatable bonds is 5. The van der Waals surface area contributed by atoms with Gasteiger partial charge in [-0.3, -0.25) is 9.59 Å². The molecule has 2 aromatic carbocycles. The summed E-state index contributed by atoms with van der Waals surface area (Å²) in [6.07, 6.45) is 5.97. The first-order chi connectivity index (χ1) is 23.7. The van der Waals surface area contributed by atoms with E-state index in [2.05, 4.69) is 21.8 Å². The van der Waals surface area contributed by atoms with E-state index in [-0.39, 0.29) is 41.1 Å². The molecule has 1 saturated carbocycles. The lowest BCUT2D eigenvalue weighted by Crippen LogP contribution is -2.54. The van der Waals surface area contributed by atoms with Crippen molar-refractivity contribution in [2.75, 3.05) is 51.9 Å². The number of aryl methyl sites for hydroxylation is 1. The zero-order valence-corrected chi connectivity index (χ0v) is 31.3. The molecule has 6 atom stereocenters. The molecular formula is C38H52ClN3O7S. The molecule has 50 heavy (non-hydrogen) atoms. The van der Waals surface area contributed by atoms with E-state index < -0.39 is 26.8 Å². The second-order valence-electron chi connectivity index (χ2n) is 15.4. The zero-order chi connectivity index (χ0) is 35.8. The molecule has 2 aromatic rings. The molecule has 0 saturated heterocycles. The van der Waals surface area contributed by atoms with E-state index in [0.717, 1.165) is 37.8 Å². The molecule has 12 heteroatoms. The van der Waals surface area contributed by atoms with Crippen LogP contribution in [0.4, 0.5) is 5.69 Å². The van der Waals surface area contributed by atoms with Gasteiger partial charge in [-0.15, -0.1) is 0 Å². The molecule has 4 aliphatic rings. The van der Waals surface area contributed by atoms with E-state index in [9.17, 15) is 23.1 Å². The van der Waals surface area contributed by atoms with Gasteiger partial charge in [0, 0.05) is 49.8 Å². The van der Waals surface area contributed by atoms with Crippen molar-refractivity contribution >= 4 is 39.1 Å². The van der Waals surface area contributed by atoms with Crippen LogP contribution in [0.1, 0.15) is 86.7 Å². The SMILES string of the molecule is COCCN(C)C(=O)C[C@@]1(O)CCC[C@H](C)[C@@H](C)S(=O)(=O)NC(=O)c2ccc3c(c2)N(C[C@@H]2CC[C@H]21)C[C@@]1(CCCc2cc(Cl)ccc21)CO3. The number of benzene rings is 2. The average Bonchev–Trinajstić information content (AvgIpc) is 3.21. The lowest BCUT2D eigenvalue weighted by Gasteiger charge is -2.50. The van der Waals surface area contributed by atoms with Gasteiger partial charge in [-0.05, 0) is 111 Å². The highest BCUT2D eigenvalue weighted by molar-refractivity contribution is 7.90. The van der Waals surface area contributed by atoms with Crippen LogP contribution in [-0.2, 0) is 31.4 Å². The van der Waals surface area contributed by atoms with E-state index in [0.29, 0.717) is 62.9 Å². The van der Waals surface area contributed by atoms with Gasteiger partial charge < -0.3 is 24.4 Å². The van der Waals surface area contributed by atoms with Gasteiger partial charge in [-0.25, -0.2) is 13.1 Å². The summed E-state index contributed by atoms with van der Waals surface area (Å²) in [6.45, 7) is 5.97. The second kappa shape index (κ2) is 14.6. The van der Waals surface area contributed by atoms with Gasteiger partial charge >= 0.3 is 0 Å². The minimum Gasteiger partial charge on any atom is -0.490 e. The van der Waals surface area contributed by atoms with Gasteiger partial charge in [0.15, 0.2) is 0 Å². The summed E-state index contributed by atoms with van der Waals surface area (Å²) in [4.78, 5) is 31.0. The summed E-state index contributed by atoms with van der Waals surface area (Å²) in [5.74, 6) is -0.482. The number of carbonyl (C=O) groups excluding carboxylic acids is 2. The number of amides is 2. The Balaban J connectivity index is 1.41. The molecule has 2 N–H and O–H groups in total. The molecule has 2 amide bonds. The normalized spacial score (nSPS) is 30.9. The minimum absolute atomic E-state index is 0.00537. The van der Waals surface area contributed by atoms with Crippen molar-refractivity contribution in [1.82, 2.24) is 9.62 Å². The van der Waals surface area contributed by atoms with Gasteiger partial charge in [0.2, 0.25) is 15.9 Å². The average molecular weight is 730 g/mol. The lowest BCUT2D eigenvalue weighted by atomic mass is 9.61. The Hall–Kier alpha value is -2.86. The van der Waals surface area contributed by atoms with Gasteiger partial charge in [-0.1, -0.05) is 31.0 Å². The van der Waals surface area contributed by atoms with Gasteiger partial charge in [0.05, 0.1) is 36.2 Å². The predicted octanol–water partition coefficient (Wildman–Crippen LogP) is 5.33. The topological polar surface area (TPSA) is 125 Å². The molecule has 0 radical (unpaired) electrons. The van der Waals surface area contributed by atoms with Crippen LogP contribution >= 0.6 is 11.6 Å². The van der Waals surface area contributed by atoms with Crippen LogP contribution in [0.3, 0.4) is 0 Å². The standard InChI is InChI=1S/C38H52ClN3O7S/c1-25-7-5-16-38(45,21-35(43)41(3)17-18-48-4)32-12-9-29(32)22-42-23-37(15-6-8-27-19-30(39)11-13-31(27)37)24-49-34-14-10-28(20-33(34)42)36(44)40-50(46,47)26(25)2/h10-11,13-14,19-20,25-26,29,32,45H,5-9,12,15-18,21-24H2,1-4H3,(H,40,44)/t25-,26+,29-,32+,37-,38-/m0/s1. The number of fused-ring (bicyclic) bond motifs is 4. The first-order valence-corrected chi connectivity index (χ1v) is 20.0. The van der Waals surface area contributed by atoms with Gasteiger partial charge in [0.1, 0.15) is 5.75 Å². The molecule has 1 fully saturated rings. The molecular weight excluding hydrogens is 678 g/mol. The van der Waals surface area contributed by atoms with Crippen LogP contribution in [0.15, 0.2) is 36.4 Å². The van der Waals surface area contributed by atoms with E-state index in [4.69, 9.17) is 21.1 Å². The molecule has 2 bridgehead atoms. The van der Waals surface area contributed by atoms with E-state index >= 15 is 0 Å². The maximum Gasteiger partial charge on any atom is 0.264 e. The number of sulfonamides is 1. The third-order valence-corrected chi connectivity index (χ3v) is 14.3. The smallest absolute Gasteiger partial charge is 0.264 e. The van der Waals surface area contributed by atoms with E-state index in [1.165, 1.54) is 11.1 Å². The molecule has 0 aromatic heterocycles. The predicted molar refractivity (Wildman–Crippen MR) is 194 cm³/mol. The van der Waals surface area contributed by atoms with Crippen molar-refractivity contribution in [3.05, 3.63) is 58.1 Å². The molecule has 1 spiro atoms. The number of ether oxygens (including phenoxy) is 2. The largest absolute Gasteiger partial charge is 0.490 e. The summed E-state index contributed by atoms with van der Waals surface area (Å²) in [5, 5.41) is 12.4. The number of carbonyl (C=O) groups is 2. The summed E-state index contributed by atoms with van der Waals surface area (Å²) < 4.78 is 41.1. The van der Waals surface area contributed by atoms with Crippen LogP contribution in [0.25, 0.3) is 0 Å². The Labute approximate surface area is 301 Å². The molecule has 10 nitrogen and oxygen atoms in total. The second-order valence-corrected chi connectivity index (χ2v) is 17.8. The van der Waals surface area contributed by atoms with E-state index in [1.54, 1.807) is 44.2 Å². The highest BCUT2D eigenvalue weighted by atomic mass is 35.5. The lowest BCUT2D eigenvalue weighted by molar-refractivity contribution is -0.145. The van der Waals surface area contributed by atoms with Crippen molar-refractivity contribution in [3.63, 3.8) is 0 Å². The van der Waals surface area contributed by atoms with Crippen LogP contribution in [0.2, 0.25) is 5.02 Å². The first-order valence-electron chi connectivity index (χ1n) is 18.1. The minimum atomic E-state index is -4.00. The van der Waals surface area contributed by atoms with Crippen molar-refractivity contribution in [1.29, 1.82) is 0 Å². The van der Waals surface area contributed by atoms with Crippen molar-refractivity contribution in [2.24, 2.45) is 17.8 Å². The molecule has 2 aliphatic carbocycles. The Bertz CT molecular complexity index is 1700. The van der Waals surface area contributed by atoms with E-state index in [1.807, 2.05) is 13.0 Å². The summed E-state index contributed by atoms with van der Waals surface area (Å²) in [7, 11) is -0.668. The summed E-state index contributed by atoms with van der Waals surface area (Å²) >= 11 is 6.44. The fourth-order valence-corrected chi connectivity index (χ4v) is 10.2. The summed E-state index contributed by atoms with van der Waals surface area (Å²) in [5.41, 5.74) is 1.80. The summed E-state index contributed by atoms with van der Waals surface area (Å²) in [6, 6.07) is 11.3. The molecule has 6 rings (SSSR count). The third-order valence-electron chi connectivity index (χ3n) is 12.2. The first kappa shape index (κ1) is 36.9. The number of nitrogens with one attached hydrogen (secondary N) is 1. The molecule has 274 valence electrons. The maximum atomic E-state index is 13.5. The number of nitrogens with zero attached hydrogens (tertiary/aromatic N) is 2. The van der Waals surface area contributed by atoms with Crippen LogP contribution in [0.5, 0.6) is 5.75 Å². The zero-order valence-electron chi connectivity index (χ0n) is 29.8. The van der Waals surface area contributed by atoms with Crippen LogP contribution in [0, 0.1) is 17.8 Å². The molecule has 2 heterocycles.